The summed E-state index contributed by atoms with van der Waals surface area (Å²) < 4.78 is 41.4. The lowest BCUT2D eigenvalue weighted by Crippen LogP contribution is -2.48. The Bertz CT molecular complexity index is 2060. The third-order valence-corrected chi connectivity index (χ3v) is 8.68. The van der Waals surface area contributed by atoms with Crippen LogP contribution < -0.4 is 42.8 Å². The van der Waals surface area contributed by atoms with E-state index in [1.54, 1.807) is 22.7 Å². The Labute approximate surface area is 326 Å². The number of carbonyl (C=O) groups is 4. The maximum Gasteiger partial charge on any atom is 0.320 e. The second kappa shape index (κ2) is 21.0. The molecule has 4 rings (SSSR count). The summed E-state index contributed by atoms with van der Waals surface area (Å²) in [5.41, 5.74) is 13.3. The van der Waals surface area contributed by atoms with Crippen LogP contribution in [0.15, 0.2) is 48.9 Å². The van der Waals surface area contributed by atoms with E-state index >= 15 is 0 Å². The van der Waals surface area contributed by atoms with Crippen LogP contribution in [-0.2, 0) is 25.5 Å². The van der Waals surface area contributed by atoms with Gasteiger partial charge in [-0.2, -0.15) is 4.39 Å². The van der Waals surface area contributed by atoms with Crippen molar-refractivity contribution < 1.29 is 42.5 Å². The molecule has 2 aromatic carbocycles. The molecule has 0 aliphatic heterocycles. The second-order valence-corrected chi connectivity index (χ2v) is 12.7. The fourth-order valence-electron chi connectivity index (χ4n) is 5.69. The van der Waals surface area contributed by atoms with E-state index in [1.807, 2.05) is 13.0 Å². The van der Waals surface area contributed by atoms with Crippen LogP contribution in [-0.4, -0.2) is 101 Å². The number of hydrogen-bond acceptors (Lipinski definition) is 11. The smallest absolute Gasteiger partial charge is 0.320 e. The van der Waals surface area contributed by atoms with Gasteiger partial charge < -0.3 is 52.6 Å². The van der Waals surface area contributed by atoms with E-state index in [4.69, 9.17) is 31.5 Å². The molecule has 306 valence electrons. The normalized spacial score (nSPS) is 12.0. The summed E-state index contributed by atoms with van der Waals surface area (Å²) in [6, 6.07) is 5.81. The van der Waals surface area contributed by atoms with Gasteiger partial charge in [-0.05, 0) is 61.6 Å². The van der Waals surface area contributed by atoms with Crippen molar-refractivity contribution in [1.29, 1.82) is 5.41 Å². The fraction of sp³-hybridized carbons (Fsp3) is 0.378. The van der Waals surface area contributed by atoms with Crippen LogP contribution in [0.5, 0.6) is 5.75 Å². The quantitative estimate of drug-likeness (QED) is 0.0312. The zero-order valence-electron chi connectivity index (χ0n) is 31.5. The fourth-order valence-corrected chi connectivity index (χ4v) is 5.69. The third kappa shape index (κ3) is 12.0. The van der Waals surface area contributed by atoms with Crippen LogP contribution >= 0.6 is 0 Å². The first-order chi connectivity index (χ1) is 27.3. The highest BCUT2D eigenvalue weighted by Gasteiger charge is 2.22. The summed E-state index contributed by atoms with van der Waals surface area (Å²) >= 11 is 0. The van der Waals surface area contributed by atoms with Gasteiger partial charge in [0.05, 0.1) is 32.2 Å². The molecule has 0 aliphatic carbocycles. The van der Waals surface area contributed by atoms with Crippen LogP contribution in [0.3, 0.4) is 0 Å². The van der Waals surface area contributed by atoms with Gasteiger partial charge in [0, 0.05) is 55.3 Å². The molecular formula is C37H47F2N11O7. The molecular weight excluding hydrogens is 748 g/mol. The number of carbonyl (C=O) groups excluding carboxylic acids is 3. The van der Waals surface area contributed by atoms with Crippen LogP contribution in [0, 0.1) is 17.0 Å². The molecule has 0 bridgehead atoms. The summed E-state index contributed by atoms with van der Waals surface area (Å²) in [7, 11) is 1.25. The molecule has 11 N–H and O–H groups in total. The number of nitrogens with two attached hydrogens (primary N) is 2. The molecule has 0 spiro atoms. The van der Waals surface area contributed by atoms with Crippen molar-refractivity contribution in [3.05, 3.63) is 71.7 Å². The van der Waals surface area contributed by atoms with Gasteiger partial charge in [-0.25, -0.2) is 14.4 Å². The number of halogens is 2. The molecule has 2 atom stereocenters. The maximum absolute atomic E-state index is 14.9. The molecule has 0 saturated heterocycles. The van der Waals surface area contributed by atoms with E-state index in [2.05, 4.69) is 36.6 Å². The lowest BCUT2D eigenvalue weighted by atomic mass is 10.0. The molecule has 20 heteroatoms. The standard InChI is InChI=1S/C37H47F2N11O7/c1-3-21-19-22(48-32-33-47-20-27(50(33)16-13-43-32)24-8-10-28(56-2)31(39)30(24)38)6-7-23(21)34(52)44-14-17-57-18-15-45-35(53)26(5-4-12-46-37(41)42)49-29(51)11-9-25(40)36(54)55/h6-8,10,13,16,19-20,25-26H,3-5,9,11-12,14-15,17-18,40H2,1-2H3,(H,43,48)(H,44,52)(H,45,53)(H,49,51)(H,54,55)(H4,41,42,46). The van der Waals surface area contributed by atoms with Gasteiger partial charge in [-0.15, -0.1) is 0 Å². The van der Waals surface area contributed by atoms with Crippen LogP contribution in [0.25, 0.3) is 16.9 Å². The number of amides is 3. The van der Waals surface area contributed by atoms with Crippen LogP contribution in [0.2, 0.25) is 0 Å². The van der Waals surface area contributed by atoms with Gasteiger partial charge in [0.15, 0.2) is 29.0 Å². The number of aryl methyl sites for hydroxylation is 1. The first kappa shape index (κ1) is 43.3. The highest BCUT2D eigenvalue weighted by Crippen LogP contribution is 2.31. The number of guanidine groups is 1. The Morgan fingerprint density at radius 1 is 1.00 bits per heavy atom. The number of anilines is 2. The predicted molar refractivity (Wildman–Crippen MR) is 206 cm³/mol. The zero-order valence-corrected chi connectivity index (χ0v) is 31.5. The number of imidazole rings is 1. The van der Waals surface area contributed by atoms with Crippen molar-refractivity contribution in [1.82, 2.24) is 35.6 Å². The van der Waals surface area contributed by atoms with E-state index in [1.165, 1.54) is 31.6 Å². The molecule has 0 aliphatic rings. The zero-order chi connectivity index (χ0) is 41.5. The maximum atomic E-state index is 14.9. The minimum atomic E-state index is -1.23. The first-order valence-electron chi connectivity index (χ1n) is 18.1. The highest BCUT2D eigenvalue weighted by atomic mass is 19.2. The number of carboxylic acid groups (broad SMARTS) is 1. The van der Waals surface area contributed by atoms with Crippen molar-refractivity contribution >= 4 is 46.8 Å². The molecule has 57 heavy (non-hydrogen) atoms. The highest BCUT2D eigenvalue weighted by molar-refractivity contribution is 5.96. The van der Waals surface area contributed by atoms with Gasteiger partial charge in [0.25, 0.3) is 5.91 Å². The summed E-state index contributed by atoms with van der Waals surface area (Å²) in [6.45, 7) is 2.78. The minimum Gasteiger partial charge on any atom is -0.494 e. The molecule has 3 amide bonds. The average Bonchev–Trinajstić information content (AvgIpc) is 3.63. The Kier molecular flexibility index (Phi) is 16.0. The number of aromatic nitrogens is 3. The molecule has 2 unspecified atom stereocenters. The van der Waals surface area contributed by atoms with Gasteiger partial charge in [0.1, 0.15) is 12.1 Å². The summed E-state index contributed by atoms with van der Waals surface area (Å²) in [4.78, 5) is 58.0. The van der Waals surface area contributed by atoms with Gasteiger partial charge >= 0.3 is 5.97 Å². The number of methoxy groups -OCH3 is 1. The van der Waals surface area contributed by atoms with Crippen molar-refractivity contribution in [3.8, 4) is 17.0 Å². The van der Waals surface area contributed by atoms with E-state index in [0.717, 1.165) is 5.56 Å². The van der Waals surface area contributed by atoms with Crippen LogP contribution in [0.1, 0.15) is 48.5 Å². The van der Waals surface area contributed by atoms with E-state index in [-0.39, 0.29) is 68.7 Å². The number of nitrogens with zero attached hydrogens (tertiary/aromatic N) is 3. The van der Waals surface area contributed by atoms with Crippen molar-refractivity contribution in [2.75, 3.05) is 45.3 Å². The van der Waals surface area contributed by atoms with Crippen molar-refractivity contribution in [2.24, 2.45) is 11.5 Å². The Morgan fingerprint density at radius 3 is 2.46 bits per heavy atom. The number of rotatable bonds is 22. The molecule has 0 fully saturated rings. The second-order valence-electron chi connectivity index (χ2n) is 12.7. The number of aliphatic carboxylic acids is 1. The number of hydrogen-bond donors (Lipinski definition) is 9. The number of nitrogens with one attached hydrogen (secondary N) is 6. The predicted octanol–water partition coefficient (Wildman–Crippen LogP) is 1.79. The summed E-state index contributed by atoms with van der Waals surface area (Å²) in [5.74, 6) is -4.81. The molecule has 0 radical (unpaired) electrons. The van der Waals surface area contributed by atoms with E-state index in [9.17, 15) is 28.0 Å². The SMILES string of the molecule is CCc1cc(Nc2nccn3c(-c4ccc(OC)c(F)c4F)cnc23)ccc1C(=O)NCCOCCNC(=O)C(CCCNC(=N)N)NC(=O)CCC(N)C(=O)O. The number of benzene rings is 2. The molecule has 0 saturated carbocycles. The van der Waals surface area contributed by atoms with Crippen molar-refractivity contribution in [2.45, 2.75) is 51.1 Å². The number of carboxylic acids is 1. The molecule has 2 aromatic heterocycles. The lowest BCUT2D eigenvalue weighted by Gasteiger charge is -2.19. The Hall–Kier alpha value is -6.41. The van der Waals surface area contributed by atoms with Gasteiger partial charge in [0.2, 0.25) is 17.6 Å². The van der Waals surface area contributed by atoms with Gasteiger partial charge in [-0.1, -0.05) is 6.92 Å². The molecule has 18 nitrogen and oxygen atoms in total. The van der Waals surface area contributed by atoms with Crippen molar-refractivity contribution in [3.63, 3.8) is 0 Å². The van der Waals surface area contributed by atoms with E-state index < -0.39 is 41.5 Å². The summed E-state index contributed by atoms with van der Waals surface area (Å²) in [5, 5.41) is 30.1. The third-order valence-electron chi connectivity index (χ3n) is 8.68. The minimum absolute atomic E-state index is 0.00253. The van der Waals surface area contributed by atoms with Gasteiger partial charge in [-0.3, -0.25) is 29.0 Å². The Balaban J connectivity index is 1.26. The topological polar surface area (TPSA) is 273 Å². The summed E-state index contributed by atoms with van der Waals surface area (Å²) in [6.07, 6.45) is 5.39. The monoisotopic (exact) mass is 795 g/mol. The number of ether oxygens (including phenoxy) is 2. The number of fused-ring (bicyclic) bond motifs is 1. The lowest BCUT2D eigenvalue weighted by molar-refractivity contribution is -0.139. The molecule has 2 heterocycles. The molecule has 4 aromatic rings. The van der Waals surface area contributed by atoms with E-state index in [0.29, 0.717) is 47.8 Å². The average molecular weight is 796 g/mol. The Morgan fingerprint density at radius 2 is 1.75 bits per heavy atom. The largest absolute Gasteiger partial charge is 0.494 e. The van der Waals surface area contributed by atoms with Crippen LogP contribution in [0.4, 0.5) is 20.3 Å². The first-order valence-corrected chi connectivity index (χ1v) is 18.1.